The lowest BCUT2D eigenvalue weighted by atomic mass is 10.3. The predicted molar refractivity (Wildman–Crippen MR) is 76.9 cm³/mol. The fourth-order valence-electron chi connectivity index (χ4n) is 1.58. The van der Waals surface area contributed by atoms with E-state index in [0.29, 0.717) is 6.61 Å². The van der Waals surface area contributed by atoms with Gasteiger partial charge in [-0.25, -0.2) is 0 Å². The van der Waals surface area contributed by atoms with Crippen LogP contribution in [0.25, 0.3) is 0 Å². The van der Waals surface area contributed by atoms with Crippen molar-refractivity contribution in [3.05, 3.63) is 52.8 Å². The molecule has 3 nitrogen and oxygen atoms in total. The van der Waals surface area contributed by atoms with Gasteiger partial charge in [-0.05, 0) is 47.1 Å². The number of rotatable bonds is 5. The third-order valence-electron chi connectivity index (χ3n) is 2.41. The summed E-state index contributed by atoms with van der Waals surface area (Å²) in [5.41, 5.74) is 1.97. The molecular weight excluding hydrogens is 292 g/mol. The Labute approximate surface area is 115 Å². The maximum Gasteiger partial charge on any atom is 0.134 e. The first-order valence-corrected chi connectivity index (χ1v) is 6.65. The predicted octanol–water partition coefficient (Wildman–Crippen LogP) is 3.85. The maximum absolute atomic E-state index is 5.72. The number of benzene rings is 1. The summed E-state index contributed by atoms with van der Waals surface area (Å²) in [4.78, 5) is 4.29. The van der Waals surface area contributed by atoms with Gasteiger partial charge in [0.1, 0.15) is 12.4 Å². The van der Waals surface area contributed by atoms with Gasteiger partial charge in [-0.15, -0.1) is 0 Å². The molecule has 0 fully saturated rings. The van der Waals surface area contributed by atoms with E-state index in [-0.39, 0.29) is 0 Å². The Bertz CT molecular complexity index is 517. The number of ether oxygens (including phenoxy) is 1. The molecular formula is C14H15BrN2O. The van der Waals surface area contributed by atoms with E-state index in [0.717, 1.165) is 28.1 Å². The molecule has 0 aliphatic rings. The average Bonchev–Trinajstić information content (AvgIpc) is 2.39. The second-order valence-corrected chi connectivity index (χ2v) is 4.64. The quantitative estimate of drug-likeness (QED) is 0.911. The number of hydrogen-bond donors (Lipinski definition) is 1. The summed E-state index contributed by atoms with van der Waals surface area (Å²) in [6.45, 7) is 3.42. The first kappa shape index (κ1) is 12.9. The van der Waals surface area contributed by atoms with E-state index in [2.05, 4.69) is 33.2 Å². The highest BCUT2D eigenvalue weighted by Crippen LogP contribution is 2.24. The molecule has 1 aromatic carbocycles. The molecule has 2 rings (SSSR count). The SMILES string of the molecule is CCNc1ccnc(COc2ccccc2Br)c1. The number of nitrogens with zero attached hydrogens (tertiary/aromatic N) is 1. The minimum atomic E-state index is 0.460. The van der Waals surface area contributed by atoms with Crippen LogP contribution in [-0.4, -0.2) is 11.5 Å². The zero-order valence-corrected chi connectivity index (χ0v) is 11.8. The first-order chi connectivity index (χ1) is 8.79. The lowest BCUT2D eigenvalue weighted by molar-refractivity contribution is 0.299. The van der Waals surface area contributed by atoms with Gasteiger partial charge >= 0.3 is 0 Å². The van der Waals surface area contributed by atoms with Crippen molar-refractivity contribution in [2.24, 2.45) is 0 Å². The van der Waals surface area contributed by atoms with E-state index in [9.17, 15) is 0 Å². The van der Waals surface area contributed by atoms with Gasteiger partial charge in [0.05, 0.1) is 10.2 Å². The standard InChI is InChI=1S/C14H15BrN2O/c1-2-16-11-7-8-17-12(9-11)10-18-14-6-4-3-5-13(14)15/h3-9H,2,10H2,1H3,(H,16,17). The van der Waals surface area contributed by atoms with Crippen molar-refractivity contribution in [1.29, 1.82) is 0 Å². The van der Waals surface area contributed by atoms with Gasteiger partial charge in [-0.3, -0.25) is 4.98 Å². The second-order valence-electron chi connectivity index (χ2n) is 3.79. The smallest absolute Gasteiger partial charge is 0.134 e. The molecule has 1 N–H and O–H groups in total. The summed E-state index contributed by atoms with van der Waals surface area (Å²) in [6.07, 6.45) is 1.79. The summed E-state index contributed by atoms with van der Waals surface area (Å²) in [6, 6.07) is 11.7. The van der Waals surface area contributed by atoms with Gasteiger partial charge in [-0.2, -0.15) is 0 Å². The molecule has 18 heavy (non-hydrogen) atoms. The zero-order valence-electron chi connectivity index (χ0n) is 10.2. The molecule has 0 saturated heterocycles. The van der Waals surface area contributed by atoms with E-state index >= 15 is 0 Å². The number of anilines is 1. The largest absolute Gasteiger partial charge is 0.486 e. The molecule has 4 heteroatoms. The van der Waals surface area contributed by atoms with Crippen LogP contribution in [0.5, 0.6) is 5.75 Å². The fourth-order valence-corrected chi connectivity index (χ4v) is 1.98. The monoisotopic (exact) mass is 306 g/mol. The van der Waals surface area contributed by atoms with Crippen LogP contribution in [0.3, 0.4) is 0 Å². The minimum Gasteiger partial charge on any atom is -0.486 e. The highest BCUT2D eigenvalue weighted by Gasteiger charge is 2.01. The Hall–Kier alpha value is -1.55. The Kier molecular flexibility index (Phi) is 4.59. The second kappa shape index (κ2) is 6.40. The summed E-state index contributed by atoms with van der Waals surface area (Å²) >= 11 is 3.45. The van der Waals surface area contributed by atoms with Crippen molar-refractivity contribution in [2.75, 3.05) is 11.9 Å². The van der Waals surface area contributed by atoms with E-state index in [4.69, 9.17) is 4.74 Å². The fraction of sp³-hybridized carbons (Fsp3) is 0.214. The topological polar surface area (TPSA) is 34.2 Å². The molecule has 0 aliphatic heterocycles. The minimum absolute atomic E-state index is 0.460. The average molecular weight is 307 g/mol. The van der Waals surface area contributed by atoms with Crippen LogP contribution in [0.15, 0.2) is 47.1 Å². The van der Waals surface area contributed by atoms with E-state index in [1.54, 1.807) is 6.20 Å². The molecule has 0 amide bonds. The number of nitrogens with one attached hydrogen (secondary N) is 1. The molecule has 2 aromatic rings. The number of aromatic nitrogens is 1. The van der Waals surface area contributed by atoms with E-state index in [1.165, 1.54) is 0 Å². The van der Waals surface area contributed by atoms with Crippen molar-refractivity contribution in [1.82, 2.24) is 4.98 Å². The molecule has 0 unspecified atom stereocenters. The molecule has 0 bridgehead atoms. The van der Waals surface area contributed by atoms with Crippen molar-refractivity contribution < 1.29 is 4.74 Å². The zero-order chi connectivity index (χ0) is 12.8. The van der Waals surface area contributed by atoms with Gasteiger partial charge in [0.2, 0.25) is 0 Å². The van der Waals surface area contributed by atoms with Gasteiger partial charge in [-0.1, -0.05) is 12.1 Å². The van der Waals surface area contributed by atoms with Crippen LogP contribution >= 0.6 is 15.9 Å². The lowest BCUT2D eigenvalue weighted by Gasteiger charge is -2.09. The van der Waals surface area contributed by atoms with Crippen molar-refractivity contribution >= 4 is 21.6 Å². The number of pyridine rings is 1. The summed E-state index contributed by atoms with van der Waals surface area (Å²) in [5, 5.41) is 3.25. The van der Waals surface area contributed by atoms with Crippen LogP contribution in [0.1, 0.15) is 12.6 Å². The highest BCUT2D eigenvalue weighted by atomic mass is 79.9. The number of para-hydroxylation sites is 1. The molecule has 0 radical (unpaired) electrons. The maximum atomic E-state index is 5.72. The number of halogens is 1. The van der Waals surface area contributed by atoms with Gasteiger partial charge in [0, 0.05) is 18.4 Å². The van der Waals surface area contributed by atoms with Crippen LogP contribution in [0.4, 0.5) is 5.69 Å². The molecule has 0 spiro atoms. The molecule has 1 aromatic heterocycles. The van der Waals surface area contributed by atoms with Crippen molar-refractivity contribution in [3.63, 3.8) is 0 Å². The summed E-state index contributed by atoms with van der Waals surface area (Å²) < 4.78 is 6.67. The molecule has 0 saturated carbocycles. The van der Waals surface area contributed by atoms with E-state index in [1.807, 2.05) is 36.4 Å². The molecule has 1 heterocycles. The van der Waals surface area contributed by atoms with Crippen LogP contribution in [-0.2, 0) is 6.61 Å². The van der Waals surface area contributed by atoms with Crippen LogP contribution < -0.4 is 10.1 Å². The van der Waals surface area contributed by atoms with Gasteiger partial charge in [0.25, 0.3) is 0 Å². The van der Waals surface area contributed by atoms with Crippen molar-refractivity contribution in [2.45, 2.75) is 13.5 Å². The third-order valence-corrected chi connectivity index (χ3v) is 3.06. The highest BCUT2D eigenvalue weighted by molar-refractivity contribution is 9.10. The lowest BCUT2D eigenvalue weighted by Crippen LogP contribution is -2.01. The molecule has 94 valence electrons. The first-order valence-electron chi connectivity index (χ1n) is 5.85. The Morgan fingerprint density at radius 3 is 2.89 bits per heavy atom. The van der Waals surface area contributed by atoms with E-state index < -0.39 is 0 Å². The Morgan fingerprint density at radius 1 is 1.28 bits per heavy atom. The molecule has 0 aliphatic carbocycles. The molecule has 0 atom stereocenters. The van der Waals surface area contributed by atoms with Crippen LogP contribution in [0, 0.1) is 0 Å². The third kappa shape index (κ3) is 3.47. The normalized spacial score (nSPS) is 10.1. The van der Waals surface area contributed by atoms with Gasteiger partial charge in [0.15, 0.2) is 0 Å². The van der Waals surface area contributed by atoms with Crippen molar-refractivity contribution in [3.8, 4) is 5.75 Å². The summed E-state index contributed by atoms with van der Waals surface area (Å²) in [5.74, 6) is 0.827. The Morgan fingerprint density at radius 2 is 2.11 bits per heavy atom. The van der Waals surface area contributed by atoms with Gasteiger partial charge < -0.3 is 10.1 Å². The summed E-state index contributed by atoms with van der Waals surface area (Å²) in [7, 11) is 0. The Balaban J connectivity index is 2.02. The number of hydrogen-bond acceptors (Lipinski definition) is 3. The van der Waals surface area contributed by atoms with Crippen LogP contribution in [0.2, 0.25) is 0 Å².